The predicted octanol–water partition coefficient (Wildman–Crippen LogP) is 4.84. The van der Waals surface area contributed by atoms with Gasteiger partial charge < -0.3 is 9.84 Å². The van der Waals surface area contributed by atoms with E-state index in [9.17, 15) is 5.11 Å². The molecule has 3 fully saturated rings. The Balaban J connectivity index is 1.60. The van der Waals surface area contributed by atoms with E-state index in [-0.39, 0.29) is 6.04 Å². The first-order valence-corrected chi connectivity index (χ1v) is 10.8. The summed E-state index contributed by atoms with van der Waals surface area (Å²) in [6.45, 7) is 6.07. The van der Waals surface area contributed by atoms with Gasteiger partial charge in [0, 0.05) is 23.5 Å². The van der Waals surface area contributed by atoms with Crippen LogP contribution in [0.25, 0.3) is 22.2 Å². The largest absolute Gasteiger partial charge is 0.497 e. The van der Waals surface area contributed by atoms with E-state index in [2.05, 4.69) is 35.8 Å². The van der Waals surface area contributed by atoms with Crippen molar-refractivity contribution in [2.24, 2.45) is 11.8 Å². The molecule has 2 aromatic carbocycles. The van der Waals surface area contributed by atoms with Gasteiger partial charge in [0.1, 0.15) is 5.75 Å². The molecule has 3 aliphatic heterocycles. The molecule has 3 unspecified atom stereocenters. The highest BCUT2D eigenvalue weighted by atomic mass is 16.5. The van der Waals surface area contributed by atoms with E-state index < -0.39 is 6.10 Å². The highest BCUT2D eigenvalue weighted by Crippen LogP contribution is 2.43. The summed E-state index contributed by atoms with van der Waals surface area (Å²) < 4.78 is 5.46. The van der Waals surface area contributed by atoms with Gasteiger partial charge in [-0.2, -0.15) is 0 Å². The minimum atomic E-state index is -0.571. The molecule has 4 nitrogen and oxygen atoms in total. The molecule has 0 amide bonds. The lowest BCUT2D eigenvalue weighted by Gasteiger charge is -2.50. The molecular weight excluding hydrogens is 372 g/mol. The predicted molar refractivity (Wildman–Crippen MR) is 120 cm³/mol. The molecule has 3 saturated heterocycles. The number of aromatic nitrogens is 1. The zero-order valence-electron chi connectivity index (χ0n) is 17.4. The van der Waals surface area contributed by atoms with Crippen molar-refractivity contribution in [2.75, 3.05) is 20.2 Å². The van der Waals surface area contributed by atoms with E-state index in [0.717, 1.165) is 53.0 Å². The fourth-order valence-electron chi connectivity index (χ4n) is 5.27. The van der Waals surface area contributed by atoms with Crippen LogP contribution in [0.15, 0.2) is 67.3 Å². The van der Waals surface area contributed by atoms with Crippen molar-refractivity contribution in [3.63, 3.8) is 0 Å². The molecule has 1 aromatic heterocycles. The van der Waals surface area contributed by atoms with Crippen LogP contribution in [0.1, 0.15) is 24.5 Å². The first kappa shape index (κ1) is 19.3. The Morgan fingerprint density at radius 1 is 1.20 bits per heavy atom. The van der Waals surface area contributed by atoms with Gasteiger partial charge in [-0.15, -0.1) is 6.58 Å². The molecule has 4 heterocycles. The SMILES string of the molecule is C=CC1CN2CCC1C[C@H]2[C@H](O)c1cc(-c2ccccc2)nc2ccc(OC)cc12. The second-order valence-corrected chi connectivity index (χ2v) is 8.54. The maximum atomic E-state index is 11.6. The normalized spacial score (nSPS) is 26.5. The second kappa shape index (κ2) is 7.86. The van der Waals surface area contributed by atoms with Gasteiger partial charge in [-0.05, 0) is 61.1 Å². The number of fused-ring (bicyclic) bond motifs is 4. The number of nitrogens with zero attached hydrogens (tertiary/aromatic N) is 2. The van der Waals surface area contributed by atoms with Crippen LogP contribution in [0.5, 0.6) is 5.75 Å². The van der Waals surface area contributed by atoms with Gasteiger partial charge in [0.05, 0.1) is 24.4 Å². The Morgan fingerprint density at radius 2 is 2.03 bits per heavy atom. The van der Waals surface area contributed by atoms with Crippen LogP contribution in [0.2, 0.25) is 0 Å². The molecular formula is C26H28N2O2. The first-order valence-electron chi connectivity index (χ1n) is 10.8. The van der Waals surface area contributed by atoms with Gasteiger partial charge >= 0.3 is 0 Å². The third-order valence-corrected chi connectivity index (χ3v) is 6.95. The minimum Gasteiger partial charge on any atom is -0.497 e. The van der Waals surface area contributed by atoms with Gasteiger partial charge in [0.2, 0.25) is 0 Å². The van der Waals surface area contributed by atoms with Crippen molar-refractivity contribution in [1.82, 2.24) is 9.88 Å². The maximum absolute atomic E-state index is 11.6. The summed E-state index contributed by atoms with van der Waals surface area (Å²) >= 11 is 0. The molecule has 0 radical (unpaired) electrons. The molecule has 2 bridgehead atoms. The molecule has 154 valence electrons. The van der Waals surface area contributed by atoms with E-state index >= 15 is 0 Å². The summed E-state index contributed by atoms with van der Waals surface area (Å²) in [5, 5.41) is 12.6. The standard InChI is InChI=1S/C26H28N2O2/c1-3-17-16-28-12-11-19(17)13-25(28)26(29)22-15-24(18-7-5-4-6-8-18)27-23-10-9-20(30-2)14-21(22)23/h3-10,14-15,17,19,25-26,29H,1,11-13,16H2,2H3/t17?,19?,25-,26+/m0/s1. The highest BCUT2D eigenvalue weighted by molar-refractivity contribution is 5.87. The van der Waals surface area contributed by atoms with Crippen molar-refractivity contribution in [3.05, 3.63) is 72.8 Å². The Bertz CT molecular complexity index is 1070. The summed E-state index contributed by atoms with van der Waals surface area (Å²) in [6, 6.07) is 18.3. The van der Waals surface area contributed by atoms with Crippen LogP contribution < -0.4 is 4.74 Å². The Morgan fingerprint density at radius 3 is 2.73 bits per heavy atom. The van der Waals surface area contributed by atoms with Crippen LogP contribution >= 0.6 is 0 Å². The van der Waals surface area contributed by atoms with Gasteiger partial charge in [-0.3, -0.25) is 4.90 Å². The van der Waals surface area contributed by atoms with Crippen LogP contribution in [0, 0.1) is 11.8 Å². The number of rotatable bonds is 5. The van der Waals surface area contributed by atoms with Gasteiger partial charge in [-0.25, -0.2) is 4.98 Å². The Kier molecular flexibility index (Phi) is 5.05. The van der Waals surface area contributed by atoms with Gasteiger partial charge in [0.25, 0.3) is 0 Å². The Labute approximate surface area is 177 Å². The molecule has 1 N–H and O–H groups in total. The van der Waals surface area contributed by atoms with Gasteiger partial charge in [-0.1, -0.05) is 36.4 Å². The average molecular weight is 401 g/mol. The number of methoxy groups -OCH3 is 1. The molecule has 30 heavy (non-hydrogen) atoms. The number of pyridine rings is 1. The lowest BCUT2D eigenvalue weighted by Crippen LogP contribution is -2.54. The van der Waals surface area contributed by atoms with Crippen LogP contribution in [-0.4, -0.2) is 41.2 Å². The maximum Gasteiger partial charge on any atom is 0.119 e. The third kappa shape index (κ3) is 3.30. The first-order chi connectivity index (χ1) is 14.7. The van der Waals surface area contributed by atoms with E-state index in [0.29, 0.717) is 11.8 Å². The lowest BCUT2D eigenvalue weighted by molar-refractivity contribution is -0.0444. The fourth-order valence-corrected chi connectivity index (χ4v) is 5.27. The van der Waals surface area contributed by atoms with E-state index in [1.165, 1.54) is 6.42 Å². The molecule has 3 aliphatic rings. The summed E-state index contributed by atoms with van der Waals surface area (Å²) in [6.07, 6.45) is 3.73. The van der Waals surface area contributed by atoms with Crippen molar-refractivity contribution in [2.45, 2.75) is 25.0 Å². The number of aliphatic hydroxyl groups excluding tert-OH is 1. The summed E-state index contributed by atoms with van der Waals surface area (Å²) in [5.41, 5.74) is 3.76. The molecule has 6 rings (SSSR count). The van der Waals surface area contributed by atoms with E-state index in [1.54, 1.807) is 7.11 Å². The second-order valence-electron chi connectivity index (χ2n) is 8.54. The monoisotopic (exact) mass is 400 g/mol. The zero-order chi connectivity index (χ0) is 20.7. The van der Waals surface area contributed by atoms with Crippen LogP contribution in [0.4, 0.5) is 0 Å². The molecule has 0 saturated carbocycles. The lowest BCUT2D eigenvalue weighted by atomic mass is 9.73. The van der Waals surface area contributed by atoms with E-state index in [1.807, 2.05) is 36.4 Å². The van der Waals surface area contributed by atoms with Crippen molar-refractivity contribution < 1.29 is 9.84 Å². The molecule has 0 aliphatic carbocycles. The number of aliphatic hydroxyl groups is 1. The summed E-state index contributed by atoms with van der Waals surface area (Å²) in [4.78, 5) is 7.34. The van der Waals surface area contributed by atoms with Crippen LogP contribution in [-0.2, 0) is 0 Å². The number of hydrogen-bond donors (Lipinski definition) is 1. The third-order valence-electron chi connectivity index (χ3n) is 6.95. The molecule has 0 spiro atoms. The average Bonchev–Trinajstić information content (AvgIpc) is 2.83. The Hall–Kier alpha value is -2.69. The quantitative estimate of drug-likeness (QED) is 0.623. The zero-order valence-corrected chi connectivity index (χ0v) is 17.4. The van der Waals surface area contributed by atoms with Gasteiger partial charge in [0.15, 0.2) is 0 Å². The summed E-state index contributed by atoms with van der Waals surface area (Å²) in [5.74, 6) is 1.93. The summed E-state index contributed by atoms with van der Waals surface area (Å²) in [7, 11) is 1.67. The molecule has 4 heteroatoms. The number of ether oxygens (including phenoxy) is 1. The van der Waals surface area contributed by atoms with Crippen molar-refractivity contribution in [3.8, 4) is 17.0 Å². The van der Waals surface area contributed by atoms with Crippen molar-refractivity contribution in [1.29, 1.82) is 0 Å². The highest BCUT2D eigenvalue weighted by Gasteiger charge is 2.42. The minimum absolute atomic E-state index is 0.125. The topological polar surface area (TPSA) is 45.6 Å². The number of hydrogen-bond acceptors (Lipinski definition) is 4. The fraction of sp³-hybridized carbons (Fsp3) is 0.346. The van der Waals surface area contributed by atoms with E-state index in [4.69, 9.17) is 9.72 Å². The molecule has 3 aromatic rings. The smallest absolute Gasteiger partial charge is 0.119 e. The van der Waals surface area contributed by atoms with Crippen molar-refractivity contribution >= 4 is 10.9 Å². The number of benzene rings is 2. The van der Waals surface area contributed by atoms with Crippen LogP contribution in [0.3, 0.4) is 0 Å². The molecule has 5 atom stereocenters. The number of piperidine rings is 3.